The SMILES string of the molecule is O=CCCC1CCC2(CC1)OOC1(CCCCCCCCCCC1)OO2. The van der Waals surface area contributed by atoms with Gasteiger partial charge in [0.05, 0.1) is 0 Å². The zero-order valence-electron chi connectivity index (χ0n) is 16.2. The van der Waals surface area contributed by atoms with Crippen molar-refractivity contribution in [3.05, 3.63) is 0 Å². The fourth-order valence-corrected chi connectivity index (χ4v) is 4.53. The molecule has 0 unspecified atom stereocenters. The van der Waals surface area contributed by atoms with E-state index in [1.165, 1.54) is 44.9 Å². The molecule has 3 aliphatic rings. The molecular weight excluding hydrogens is 332 g/mol. The monoisotopic (exact) mass is 368 g/mol. The Bertz CT molecular complexity index is 393. The molecule has 0 aromatic carbocycles. The molecule has 3 fully saturated rings. The third-order valence-electron chi connectivity index (χ3n) is 6.37. The van der Waals surface area contributed by atoms with Gasteiger partial charge in [0.25, 0.3) is 0 Å². The number of carbonyl (C=O) groups is 1. The van der Waals surface area contributed by atoms with Gasteiger partial charge in [0.15, 0.2) is 0 Å². The predicted octanol–water partition coefficient (Wildman–Crippen LogP) is 5.76. The lowest BCUT2D eigenvalue weighted by Crippen LogP contribution is -2.52. The van der Waals surface area contributed by atoms with Crippen molar-refractivity contribution >= 4 is 6.29 Å². The van der Waals surface area contributed by atoms with Gasteiger partial charge < -0.3 is 4.79 Å². The first-order valence-electron chi connectivity index (χ1n) is 10.9. The molecule has 1 heterocycles. The molecule has 5 nitrogen and oxygen atoms in total. The van der Waals surface area contributed by atoms with Gasteiger partial charge in [0.2, 0.25) is 11.6 Å². The lowest BCUT2D eigenvalue weighted by Gasteiger charge is -2.45. The minimum Gasteiger partial charge on any atom is -0.303 e. The van der Waals surface area contributed by atoms with E-state index in [9.17, 15) is 4.79 Å². The van der Waals surface area contributed by atoms with E-state index in [0.29, 0.717) is 12.3 Å². The molecule has 0 bridgehead atoms. The van der Waals surface area contributed by atoms with E-state index in [1.807, 2.05) is 0 Å². The van der Waals surface area contributed by atoms with Gasteiger partial charge in [-0.2, -0.15) is 19.6 Å². The van der Waals surface area contributed by atoms with Crippen molar-refractivity contribution in [2.45, 2.75) is 121 Å². The maximum Gasteiger partial charge on any atom is 0.234 e. The average Bonchev–Trinajstić information content (AvgIpc) is 2.67. The standard InChI is InChI=1S/C21H36O5/c22-18-10-11-19-12-16-21(17-13-19)25-23-20(24-26-21)14-8-6-4-2-1-3-5-7-9-15-20/h18-19H,1-17H2. The van der Waals surface area contributed by atoms with E-state index in [4.69, 9.17) is 19.6 Å². The zero-order valence-corrected chi connectivity index (χ0v) is 16.2. The molecule has 5 heteroatoms. The minimum absolute atomic E-state index is 0.579. The molecule has 0 aromatic heterocycles. The minimum atomic E-state index is -0.743. The molecule has 2 spiro atoms. The van der Waals surface area contributed by atoms with E-state index in [0.717, 1.165) is 64.1 Å². The summed E-state index contributed by atoms with van der Waals surface area (Å²) in [6.07, 6.45) is 19.1. The predicted molar refractivity (Wildman–Crippen MR) is 97.8 cm³/mol. The molecule has 0 amide bonds. The van der Waals surface area contributed by atoms with Crippen LogP contribution in [0.5, 0.6) is 0 Å². The first kappa shape index (κ1) is 20.2. The quantitative estimate of drug-likeness (QED) is 0.468. The van der Waals surface area contributed by atoms with Crippen LogP contribution in [0.4, 0.5) is 0 Å². The summed E-state index contributed by atoms with van der Waals surface area (Å²) in [5.41, 5.74) is 0. The van der Waals surface area contributed by atoms with E-state index in [2.05, 4.69) is 0 Å². The molecule has 0 atom stereocenters. The molecule has 26 heavy (non-hydrogen) atoms. The van der Waals surface area contributed by atoms with Gasteiger partial charge in [0, 0.05) is 32.1 Å². The Morgan fingerprint density at radius 1 is 0.654 bits per heavy atom. The Hall–Kier alpha value is -0.490. The summed E-state index contributed by atoms with van der Waals surface area (Å²) in [4.78, 5) is 34.1. The van der Waals surface area contributed by atoms with Crippen LogP contribution in [0, 0.1) is 5.92 Å². The van der Waals surface area contributed by atoms with Crippen LogP contribution in [0.1, 0.15) is 109 Å². The lowest BCUT2D eigenvalue weighted by atomic mass is 9.83. The molecule has 2 aliphatic carbocycles. The maximum absolute atomic E-state index is 10.6. The highest BCUT2D eigenvalue weighted by atomic mass is 17.4. The van der Waals surface area contributed by atoms with Crippen molar-refractivity contribution in [2.24, 2.45) is 5.92 Å². The summed E-state index contributed by atoms with van der Waals surface area (Å²) in [7, 11) is 0. The van der Waals surface area contributed by atoms with E-state index in [-0.39, 0.29) is 0 Å². The molecule has 3 rings (SSSR count). The summed E-state index contributed by atoms with van der Waals surface area (Å²) in [5.74, 6) is -0.888. The van der Waals surface area contributed by atoms with Gasteiger partial charge in [-0.1, -0.05) is 44.9 Å². The second-order valence-electron chi connectivity index (χ2n) is 8.52. The summed E-state index contributed by atoms with van der Waals surface area (Å²) in [6.45, 7) is 0. The van der Waals surface area contributed by atoms with Crippen molar-refractivity contribution in [3.63, 3.8) is 0 Å². The van der Waals surface area contributed by atoms with Crippen LogP contribution in [0.25, 0.3) is 0 Å². The zero-order chi connectivity index (χ0) is 18.1. The summed E-state index contributed by atoms with van der Waals surface area (Å²) < 4.78 is 0. The average molecular weight is 369 g/mol. The molecule has 1 saturated heterocycles. The van der Waals surface area contributed by atoms with Crippen LogP contribution in [0.2, 0.25) is 0 Å². The largest absolute Gasteiger partial charge is 0.303 e. The van der Waals surface area contributed by atoms with Crippen molar-refractivity contribution in [3.8, 4) is 0 Å². The smallest absolute Gasteiger partial charge is 0.234 e. The fraction of sp³-hybridized carbons (Fsp3) is 0.952. The highest BCUT2D eigenvalue weighted by Crippen LogP contribution is 2.44. The van der Waals surface area contributed by atoms with Crippen molar-refractivity contribution in [2.75, 3.05) is 0 Å². The molecule has 0 N–H and O–H groups in total. The van der Waals surface area contributed by atoms with Crippen LogP contribution >= 0.6 is 0 Å². The van der Waals surface area contributed by atoms with Crippen molar-refractivity contribution in [1.29, 1.82) is 0 Å². The number of carbonyl (C=O) groups excluding carboxylic acids is 1. The highest BCUT2D eigenvalue weighted by Gasteiger charge is 2.49. The third-order valence-corrected chi connectivity index (χ3v) is 6.37. The van der Waals surface area contributed by atoms with E-state index in [1.54, 1.807) is 0 Å². The second kappa shape index (κ2) is 10.2. The Balaban J connectivity index is 1.49. The third kappa shape index (κ3) is 5.75. The number of hydrogen-bond acceptors (Lipinski definition) is 5. The van der Waals surface area contributed by atoms with Gasteiger partial charge in [0.1, 0.15) is 6.29 Å². The normalized spacial score (nSPS) is 28.3. The lowest BCUT2D eigenvalue weighted by molar-refractivity contribution is -0.662. The number of aldehydes is 1. The van der Waals surface area contributed by atoms with Gasteiger partial charge in [-0.25, -0.2) is 0 Å². The van der Waals surface area contributed by atoms with Gasteiger partial charge in [-0.15, -0.1) is 0 Å². The van der Waals surface area contributed by atoms with Gasteiger partial charge in [-0.05, 0) is 38.0 Å². The Morgan fingerprint density at radius 3 is 1.54 bits per heavy atom. The first-order chi connectivity index (χ1) is 12.8. The fourth-order valence-electron chi connectivity index (χ4n) is 4.53. The van der Waals surface area contributed by atoms with Crippen LogP contribution in [0.15, 0.2) is 0 Å². The highest BCUT2D eigenvalue weighted by molar-refractivity contribution is 5.49. The first-order valence-corrected chi connectivity index (χ1v) is 10.9. The maximum atomic E-state index is 10.6. The Kier molecular flexibility index (Phi) is 7.92. The summed E-state index contributed by atoms with van der Waals surface area (Å²) in [5, 5.41) is 0. The molecule has 1 aliphatic heterocycles. The van der Waals surface area contributed by atoms with Gasteiger partial charge in [-0.3, -0.25) is 0 Å². The van der Waals surface area contributed by atoms with Crippen LogP contribution in [0.3, 0.4) is 0 Å². The van der Waals surface area contributed by atoms with Crippen LogP contribution < -0.4 is 0 Å². The number of hydrogen-bond donors (Lipinski definition) is 0. The molecule has 150 valence electrons. The van der Waals surface area contributed by atoms with Crippen molar-refractivity contribution < 1.29 is 24.3 Å². The van der Waals surface area contributed by atoms with Crippen LogP contribution in [-0.2, 0) is 24.3 Å². The van der Waals surface area contributed by atoms with E-state index >= 15 is 0 Å². The number of rotatable bonds is 3. The topological polar surface area (TPSA) is 54.0 Å². The Labute approximate surface area is 157 Å². The Morgan fingerprint density at radius 2 is 1.08 bits per heavy atom. The molecule has 2 saturated carbocycles. The molecule has 0 radical (unpaired) electrons. The van der Waals surface area contributed by atoms with Gasteiger partial charge >= 0.3 is 0 Å². The van der Waals surface area contributed by atoms with E-state index < -0.39 is 11.6 Å². The summed E-state index contributed by atoms with van der Waals surface area (Å²) in [6, 6.07) is 0. The van der Waals surface area contributed by atoms with Crippen molar-refractivity contribution in [1.82, 2.24) is 0 Å². The van der Waals surface area contributed by atoms with Crippen LogP contribution in [-0.4, -0.2) is 17.9 Å². The second-order valence-corrected chi connectivity index (χ2v) is 8.52. The molecule has 0 aromatic rings. The molecular formula is C21H36O5. The summed E-state index contributed by atoms with van der Waals surface area (Å²) >= 11 is 0.